The molecule has 1 aromatic carbocycles. The lowest BCUT2D eigenvalue weighted by Crippen LogP contribution is -2.59. The second-order valence-corrected chi connectivity index (χ2v) is 9.28. The van der Waals surface area contributed by atoms with Crippen molar-refractivity contribution in [3.63, 3.8) is 0 Å². The number of sulfonamides is 1. The van der Waals surface area contributed by atoms with Crippen LogP contribution in [0.1, 0.15) is 24.0 Å². The zero-order chi connectivity index (χ0) is 20.6. The van der Waals surface area contributed by atoms with Gasteiger partial charge >= 0.3 is 11.9 Å². The SMILES string of the molecule is Cc1ccc(S(=O)(=O)NC2CCN(C3C=[N+](C)C(=O)N(C)C3=O)CC2)cc1C. The third-order valence-electron chi connectivity index (χ3n) is 5.57. The molecule has 2 aliphatic rings. The molecule has 2 aliphatic heterocycles. The minimum absolute atomic E-state index is 0.182. The maximum atomic E-state index is 12.7. The van der Waals surface area contributed by atoms with Crippen LogP contribution in [-0.2, 0) is 14.8 Å². The Morgan fingerprint density at radius 1 is 1.11 bits per heavy atom. The first-order chi connectivity index (χ1) is 13.1. The highest BCUT2D eigenvalue weighted by molar-refractivity contribution is 7.89. The van der Waals surface area contributed by atoms with Crippen LogP contribution in [0.4, 0.5) is 4.79 Å². The number of carbonyl (C=O) groups is 2. The first-order valence-electron chi connectivity index (χ1n) is 9.33. The van der Waals surface area contributed by atoms with Gasteiger partial charge in [-0.05, 0) is 49.9 Å². The van der Waals surface area contributed by atoms with E-state index in [0.29, 0.717) is 25.9 Å². The van der Waals surface area contributed by atoms with Crippen LogP contribution in [0.2, 0.25) is 0 Å². The Morgan fingerprint density at radius 3 is 2.36 bits per heavy atom. The molecular weight excluding hydrogens is 380 g/mol. The molecule has 2 heterocycles. The summed E-state index contributed by atoms with van der Waals surface area (Å²) in [6.07, 6.45) is 2.83. The van der Waals surface area contributed by atoms with Crippen molar-refractivity contribution in [2.45, 2.75) is 43.7 Å². The van der Waals surface area contributed by atoms with Crippen LogP contribution in [-0.4, -0.2) is 80.2 Å². The molecule has 0 bridgehead atoms. The van der Waals surface area contributed by atoms with Gasteiger partial charge in [0.25, 0.3) is 0 Å². The van der Waals surface area contributed by atoms with Gasteiger partial charge in [-0.2, -0.15) is 9.69 Å². The van der Waals surface area contributed by atoms with Gasteiger partial charge in [0, 0.05) is 19.1 Å². The molecule has 0 saturated carbocycles. The average Bonchev–Trinajstić information content (AvgIpc) is 2.65. The van der Waals surface area contributed by atoms with Crippen molar-refractivity contribution in [3.05, 3.63) is 29.3 Å². The molecule has 8 nitrogen and oxygen atoms in total. The molecule has 1 atom stereocenters. The minimum Gasteiger partial charge on any atom is -0.284 e. The van der Waals surface area contributed by atoms with E-state index in [2.05, 4.69) is 4.72 Å². The number of likely N-dealkylation sites (tertiary alicyclic amines) is 1. The third-order valence-corrected chi connectivity index (χ3v) is 7.09. The van der Waals surface area contributed by atoms with E-state index in [4.69, 9.17) is 0 Å². The molecule has 0 aromatic heterocycles. The lowest BCUT2D eigenvalue weighted by Gasteiger charge is -2.36. The molecular formula is C19H27N4O4S+. The summed E-state index contributed by atoms with van der Waals surface area (Å²) in [5, 5.41) is 0. The molecule has 3 amide bonds. The Hall–Kier alpha value is -2.10. The monoisotopic (exact) mass is 407 g/mol. The van der Waals surface area contributed by atoms with Crippen molar-refractivity contribution >= 4 is 28.2 Å². The zero-order valence-electron chi connectivity index (χ0n) is 16.7. The van der Waals surface area contributed by atoms with Crippen LogP contribution < -0.4 is 4.72 Å². The average molecular weight is 408 g/mol. The quantitative estimate of drug-likeness (QED) is 0.743. The first kappa shape index (κ1) is 20.6. The van der Waals surface area contributed by atoms with Gasteiger partial charge in [0.2, 0.25) is 10.0 Å². The van der Waals surface area contributed by atoms with Gasteiger partial charge in [0.1, 0.15) is 6.21 Å². The zero-order valence-corrected chi connectivity index (χ0v) is 17.5. The summed E-state index contributed by atoms with van der Waals surface area (Å²) < 4.78 is 29.6. The van der Waals surface area contributed by atoms with Crippen molar-refractivity contribution < 1.29 is 22.6 Å². The highest BCUT2D eigenvalue weighted by Gasteiger charge is 2.42. The number of urea groups is 1. The number of benzene rings is 1. The highest BCUT2D eigenvalue weighted by Crippen LogP contribution is 2.19. The molecule has 1 fully saturated rings. The van der Waals surface area contributed by atoms with E-state index < -0.39 is 16.1 Å². The standard InChI is InChI=1S/C19H27N4O4S/c1-13-5-6-16(11-14(13)2)28(26,27)20-15-7-9-23(10-8-15)17-12-21(3)19(25)22(4)18(17)24/h5-6,11-12,15,17,20H,7-10H2,1-4H3/q+1. The van der Waals surface area contributed by atoms with Gasteiger partial charge in [0.15, 0.2) is 6.04 Å². The Morgan fingerprint density at radius 2 is 1.75 bits per heavy atom. The van der Waals surface area contributed by atoms with E-state index in [-0.39, 0.29) is 22.9 Å². The van der Waals surface area contributed by atoms with Crippen molar-refractivity contribution in [2.75, 3.05) is 27.2 Å². The Labute approximate surface area is 165 Å². The van der Waals surface area contributed by atoms with Crippen LogP contribution in [0.5, 0.6) is 0 Å². The Bertz CT molecular complexity index is 933. The van der Waals surface area contributed by atoms with Gasteiger partial charge in [-0.3, -0.25) is 4.90 Å². The number of rotatable bonds is 4. The molecule has 0 aliphatic carbocycles. The van der Waals surface area contributed by atoms with Crippen LogP contribution in [0, 0.1) is 13.8 Å². The minimum atomic E-state index is -3.58. The van der Waals surface area contributed by atoms with Crippen LogP contribution in [0.15, 0.2) is 23.1 Å². The molecule has 28 heavy (non-hydrogen) atoms. The normalized spacial score (nSPS) is 22.5. The number of likely N-dealkylation sites (N-methyl/N-ethyl adjacent to an activating group) is 1. The summed E-state index contributed by atoms with van der Waals surface area (Å²) in [5.41, 5.74) is 1.99. The lowest BCUT2D eigenvalue weighted by molar-refractivity contribution is -0.401. The topological polar surface area (TPSA) is 89.8 Å². The smallest absolute Gasteiger partial charge is 0.284 e. The van der Waals surface area contributed by atoms with Crippen molar-refractivity contribution in [1.29, 1.82) is 0 Å². The molecule has 1 unspecified atom stereocenters. The van der Waals surface area contributed by atoms with Crippen molar-refractivity contribution in [3.8, 4) is 0 Å². The largest absolute Gasteiger partial charge is 0.500 e. The second kappa shape index (κ2) is 7.73. The number of nitrogens with one attached hydrogen (secondary N) is 1. The van der Waals surface area contributed by atoms with Gasteiger partial charge in [0.05, 0.1) is 19.0 Å². The molecule has 0 radical (unpaired) electrons. The van der Waals surface area contributed by atoms with Gasteiger partial charge < -0.3 is 0 Å². The summed E-state index contributed by atoms with van der Waals surface area (Å²) in [6.45, 7) is 4.98. The lowest BCUT2D eigenvalue weighted by atomic mass is 10.0. The van der Waals surface area contributed by atoms with Crippen molar-refractivity contribution in [1.82, 2.24) is 14.5 Å². The highest BCUT2D eigenvalue weighted by atomic mass is 32.2. The number of nitrogens with zero attached hydrogens (tertiary/aromatic N) is 3. The summed E-state index contributed by atoms with van der Waals surface area (Å²) >= 11 is 0. The molecule has 152 valence electrons. The third kappa shape index (κ3) is 4.01. The molecule has 1 aromatic rings. The summed E-state index contributed by atoms with van der Waals surface area (Å²) in [4.78, 5) is 27.7. The molecule has 1 N–H and O–H groups in total. The fourth-order valence-corrected chi connectivity index (χ4v) is 4.97. The van der Waals surface area contributed by atoms with Gasteiger partial charge in [-0.1, -0.05) is 6.07 Å². The van der Waals surface area contributed by atoms with E-state index in [1.165, 1.54) is 11.6 Å². The Kier molecular flexibility index (Phi) is 5.69. The van der Waals surface area contributed by atoms with Crippen LogP contribution >= 0.6 is 0 Å². The van der Waals surface area contributed by atoms with Crippen LogP contribution in [0.3, 0.4) is 0 Å². The van der Waals surface area contributed by atoms with E-state index >= 15 is 0 Å². The predicted molar refractivity (Wildman–Crippen MR) is 105 cm³/mol. The van der Waals surface area contributed by atoms with Gasteiger partial charge in [-0.25, -0.2) is 22.5 Å². The molecule has 0 spiro atoms. The summed E-state index contributed by atoms with van der Waals surface area (Å²) in [5.74, 6) is -0.253. The van der Waals surface area contributed by atoms with E-state index in [0.717, 1.165) is 16.0 Å². The molecule has 3 rings (SSSR count). The fraction of sp³-hybridized carbons (Fsp3) is 0.526. The summed E-state index contributed by atoms with van der Waals surface area (Å²) in [6, 6.07) is 4.09. The number of piperidine rings is 1. The van der Waals surface area contributed by atoms with Crippen molar-refractivity contribution in [2.24, 2.45) is 0 Å². The van der Waals surface area contributed by atoms with E-state index in [1.54, 1.807) is 25.4 Å². The first-order valence-corrected chi connectivity index (χ1v) is 10.8. The van der Waals surface area contributed by atoms with E-state index in [9.17, 15) is 18.0 Å². The van der Waals surface area contributed by atoms with E-state index in [1.807, 2.05) is 24.8 Å². The fourth-order valence-electron chi connectivity index (χ4n) is 3.58. The molecule has 9 heteroatoms. The number of hydrogen-bond acceptors (Lipinski definition) is 5. The second-order valence-electron chi connectivity index (χ2n) is 7.56. The number of amides is 3. The maximum absolute atomic E-state index is 12.7. The van der Waals surface area contributed by atoms with Gasteiger partial charge in [-0.15, -0.1) is 0 Å². The number of hydrogen-bond donors (Lipinski definition) is 1. The number of aryl methyl sites for hydroxylation is 2. The number of imide groups is 1. The predicted octanol–water partition coefficient (Wildman–Crippen LogP) is 0.720. The van der Waals surface area contributed by atoms with Crippen LogP contribution in [0.25, 0.3) is 0 Å². The maximum Gasteiger partial charge on any atom is 0.500 e. The number of carbonyl (C=O) groups excluding carboxylic acids is 2. The molecule has 1 saturated heterocycles. The Balaban J connectivity index is 1.65. The summed E-state index contributed by atoms with van der Waals surface area (Å²) in [7, 11) is -0.476.